The van der Waals surface area contributed by atoms with Gasteiger partial charge >= 0.3 is 5.97 Å². The maximum Gasteiger partial charge on any atom is 0.310 e. The standard InChI is InChI=1S/C20H31NO5/c1-5-11-21(12-6-2)19(22)15-26-17-10-9-16(13-18(17)24-7-3)14-20(23)25-8-4/h9-10,13H,5-8,11-12,14-15H2,1-4H3. The van der Waals surface area contributed by atoms with E-state index in [1.165, 1.54) is 0 Å². The number of rotatable bonds is 12. The molecule has 26 heavy (non-hydrogen) atoms. The number of amides is 1. The maximum absolute atomic E-state index is 12.3. The molecule has 0 aromatic heterocycles. The third-order valence-corrected chi connectivity index (χ3v) is 3.65. The largest absolute Gasteiger partial charge is 0.490 e. The second-order valence-corrected chi connectivity index (χ2v) is 5.87. The van der Waals surface area contributed by atoms with E-state index in [9.17, 15) is 9.59 Å². The zero-order valence-corrected chi connectivity index (χ0v) is 16.4. The van der Waals surface area contributed by atoms with Gasteiger partial charge in [0.1, 0.15) is 0 Å². The van der Waals surface area contributed by atoms with E-state index < -0.39 is 0 Å². The van der Waals surface area contributed by atoms with Crippen LogP contribution in [0.1, 0.15) is 46.1 Å². The Balaban J connectivity index is 2.78. The quantitative estimate of drug-likeness (QED) is 0.532. The zero-order valence-electron chi connectivity index (χ0n) is 16.4. The van der Waals surface area contributed by atoms with Gasteiger partial charge in [-0.05, 0) is 44.4 Å². The van der Waals surface area contributed by atoms with Crippen molar-refractivity contribution in [3.05, 3.63) is 23.8 Å². The lowest BCUT2D eigenvalue weighted by Crippen LogP contribution is -2.36. The fourth-order valence-electron chi connectivity index (χ4n) is 2.56. The summed E-state index contributed by atoms with van der Waals surface area (Å²) in [6, 6.07) is 5.28. The summed E-state index contributed by atoms with van der Waals surface area (Å²) in [6.07, 6.45) is 2.00. The minimum Gasteiger partial charge on any atom is -0.490 e. The molecule has 0 radical (unpaired) electrons. The molecule has 1 aromatic rings. The van der Waals surface area contributed by atoms with Crippen molar-refractivity contribution in [1.82, 2.24) is 4.90 Å². The van der Waals surface area contributed by atoms with Crippen molar-refractivity contribution < 1.29 is 23.8 Å². The van der Waals surface area contributed by atoms with E-state index in [4.69, 9.17) is 14.2 Å². The second kappa shape index (κ2) is 12.2. The molecule has 0 atom stereocenters. The molecule has 0 saturated heterocycles. The molecule has 0 fully saturated rings. The fraction of sp³-hybridized carbons (Fsp3) is 0.600. The van der Waals surface area contributed by atoms with Crippen LogP contribution in [0.3, 0.4) is 0 Å². The van der Waals surface area contributed by atoms with Gasteiger partial charge in [0.2, 0.25) is 0 Å². The Morgan fingerprint density at radius 1 is 0.923 bits per heavy atom. The molecule has 1 rings (SSSR count). The van der Waals surface area contributed by atoms with Crippen molar-refractivity contribution in [2.45, 2.75) is 47.0 Å². The average molecular weight is 365 g/mol. The lowest BCUT2D eigenvalue weighted by atomic mass is 10.1. The summed E-state index contributed by atoms with van der Waals surface area (Å²) in [7, 11) is 0. The van der Waals surface area contributed by atoms with E-state index in [0.717, 1.165) is 31.5 Å². The van der Waals surface area contributed by atoms with Crippen molar-refractivity contribution in [2.24, 2.45) is 0 Å². The molecule has 6 nitrogen and oxygen atoms in total. The van der Waals surface area contributed by atoms with Gasteiger partial charge in [-0.2, -0.15) is 0 Å². The predicted molar refractivity (Wildman–Crippen MR) is 101 cm³/mol. The van der Waals surface area contributed by atoms with Gasteiger partial charge in [-0.1, -0.05) is 19.9 Å². The molecular weight excluding hydrogens is 334 g/mol. The summed E-state index contributed by atoms with van der Waals surface area (Å²) in [6.45, 7) is 9.99. The minimum atomic E-state index is -0.284. The Hall–Kier alpha value is -2.24. The van der Waals surface area contributed by atoms with E-state index in [1.54, 1.807) is 25.1 Å². The van der Waals surface area contributed by atoms with Crippen LogP contribution in [-0.2, 0) is 20.7 Å². The number of hydrogen-bond acceptors (Lipinski definition) is 5. The maximum atomic E-state index is 12.3. The van der Waals surface area contributed by atoms with Gasteiger partial charge in [0, 0.05) is 13.1 Å². The third kappa shape index (κ3) is 7.33. The molecule has 0 saturated carbocycles. The van der Waals surface area contributed by atoms with Crippen LogP contribution in [0.15, 0.2) is 18.2 Å². The van der Waals surface area contributed by atoms with Crippen LogP contribution in [0, 0.1) is 0 Å². The first-order valence-electron chi connectivity index (χ1n) is 9.37. The smallest absolute Gasteiger partial charge is 0.310 e. The number of benzene rings is 1. The molecule has 0 aliphatic carbocycles. The predicted octanol–water partition coefficient (Wildman–Crippen LogP) is 3.22. The molecule has 0 heterocycles. The Labute approximate surface area is 156 Å². The molecule has 6 heteroatoms. The highest BCUT2D eigenvalue weighted by molar-refractivity contribution is 5.78. The topological polar surface area (TPSA) is 65.1 Å². The van der Waals surface area contributed by atoms with Crippen molar-refractivity contribution in [3.8, 4) is 11.5 Å². The number of nitrogens with zero attached hydrogens (tertiary/aromatic N) is 1. The number of hydrogen-bond donors (Lipinski definition) is 0. The molecule has 1 aromatic carbocycles. The number of carbonyl (C=O) groups excluding carboxylic acids is 2. The summed E-state index contributed by atoms with van der Waals surface area (Å²) < 4.78 is 16.3. The summed E-state index contributed by atoms with van der Waals surface area (Å²) in [4.78, 5) is 25.8. The Kier molecular flexibility index (Phi) is 10.2. The Morgan fingerprint density at radius 2 is 1.62 bits per heavy atom. The van der Waals surface area contributed by atoms with Gasteiger partial charge < -0.3 is 19.1 Å². The summed E-state index contributed by atoms with van der Waals surface area (Å²) >= 11 is 0. The summed E-state index contributed by atoms with van der Waals surface area (Å²) in [5.74, 6) is 0.709. The van der Waals surface area contributed by atoms with Crippen molar-refractivity contribution in [2.75, 3.05) is 32.9 Å². The lowest BCUT2D eigenvalue weighted by molar-refractivity contribution is -0.142. The first-order chi connectivity index (χ1) is 12.5. The van der Waals surface area contributed by atoms with Gasteiger partial charge in [-0.3, -0.25) is 9.59 Å². The van der Waals surface area contributed by atoms with Crippen LogP contribution in [0.25, 0.3) is 0 Å². The van der Waals surface area contributed by atoms with Crippen LogP contribution in [0.2, 0.25) is 0 Å². The second-order valence-electron chi connectivity index (χ2n) is 5.87. The van der Waals surface area contributed by atoms with E-state index in [0.29, 0.717) is 24.7 Å². The average Bonchev–Trinajstić information content (AvgIpc) is 2.61. The van der Waals surface area contributed by atoms with Gasteiger partial charge in [-0.25, -0.2) is 0 Å². The Bertz CT molecular complexity index is 567. The molecular formula is C20H31NO5. The van der Waals surface area contributed by atoms with Crippen molar-refractivity contribution >= 4 is 11.9 Å². The van der Waals surface area contributed by atoms with Gasteiger partial charge in [0.25, 0.3) is 5.91 Å². The number of carbonyl (C=O) groups is 2. The van der Waals surface area contributed by atoms with E-state index in [-0.39, 0.29) is 24.9 Å². The van der Waals surface area contributed by atoms with Crippen molar-refractivity contribution in [1.29, 1.82) is 0 Å². The minimum absolute atomic E-state index is 0.0305. The highest BCUT2D eigenvalue weighted by Gasteiger charge is 2.15. The van der Waals surface area contributed by atoms with E-state index in [2.05, 4.69) is 0 Å². The number of ether oxygens (including phenoxy) is 3. The van der Waals surface area contributed by atoms with Crippen LogP contribution < -0.4 is 9.47 Å². The molecule has 0 bridgehead atoms. The highest BCUT2D eigenvalue weighted by atomic mass is 16.5. The molecule has 0 spiro atoms. The van der Waals surface area contributed by atoms with Crippen LogP contribution in [0.4, 0.5) is 0 Å². The molecule has 0 N–H and O–H groups in total. The Morgan fingerprint density at radius 3 is 2.19 bits per heavy atom. The summed E-state index contributed by atoms with van der Waals surface area (Å²) in [5.41, 5.74) is 0.782. The van der Waals surface area contributed by atoms with Crippen LogP contribution >= 0.6 is 0 Å². The SMILES string of the molecule is CCCN(CCC)C(=O)COc1ccc(CC(=O)OCC)cc1OCC. The summed E-state index contributed by atoms with van der Waals surface area (Å²) in [5, 5.41) is 0. The molecule has 146 valence electrons. The normalized spacial score (nSPS) is 10.3. The van der Waals surface area contributed by atoms with Crippen LogP contribution in [-0.4, -0.2) is 49.7 Å². The van der Waals surface area contributed by atoms with Gasteiger partial charge in [0.05, 0.1) is 19.6 Å². The lowest BCUT2D eigenvalue weighted by Gasteiger charge is -2.22. The van der Waals surface area contributed by atoms with E-state index in [1.807, 2.05) is 25.7 Å². The molecule has 1 amide bonds. The van der Waals surface area contributed by atoms with Gasteiger partial charge in [0.15, 0.2) is 18.1 Å². The first-order valence-corrected chi connectivity index (χ1v) is 9.37. The first kappa shape index (κ1) is 21.8. The van der Waals surface area contributed by atoms with Gasteiger partial charge in [-0.15, -0.1) is 0 Å². The zero-order chi connectivity index (χ0) is 19.4. The highest BCUT2D eigenvalue weighted by Crippen LogP contribution is 2.29. The van der Waals surface area contributed by atoms with Crippen LogP contribution in [0.5, 0.6) is 11.5 Å². The third-order valence-electron chi connectivity index (χ3n) is 3.65. The van der Waals surface area contributed by atoms with Crippen molar-refractivity contribution in [3.63, 3.8) is 0 Å². The number of esters is 1. The monoisotopic (exact) mass is 365 g/mol. The molecule has 0 aliphatic rings. The molecule has 0 unspecified atom stereocenters. The molecule has 0 aliphatic heterocycles. The fourth-order valence-corrected chi connectivity index (χ4v) is 2.56. The van der Waals surface area contributed by atoms with E-state index >= 15 is 0 Å².